The number of aliphatic hydroxyl groups is 2. The summed E-state index contributed by atoms with van der Waals surface area (Å²) in [5.41, 5.74) is 0.436. The summed E-state index contributed by atoms with van der Waals surface area (Å²) in [4.78, 5) is 2.01. The van der Waals surface area contributed by atoms with Gasteiger partial charge in [-0.1, -0.05) is 23.7 Å². The van der Waals surface area contributed by atoms with E-state index in [1.807, 2.05) is 36.1 Å². The van der Waals surface area contributed by atoms with Crippen LogP contribution in [0, 0.1) is 0 Å². The summed E-state index contributed by atoms with van der Waals surface area (Å²) in [7, 11) is 0. The number of likely N-dealkylation sites (tertiary alicyclic amines) is 1. The Morgan fingerprint density at radius 3 is 2.50 bits per heavy atom. The Kier molecular flexibility index (Phi) is 5.04. The van der Waals surface area contributed by atoms with Crippen molar-refractivity contribution in [2.75, 3.05) is 26.2 Å². The molecule has 2 unspecified atom stereocenters. The number of benzene rings is 1. The van der Waals surface area contributed by atoms with Crippen LogP contribution < -0.4 is 0 Å². The van der Waals surface area contributed by atoms with Gasteiger partial charge in [0.05, 0.1) is 24.4 Å². The van der Waals surface area contributed by atoms with Gasteiger partial charge in [-0.3, -0.25) is 4.90 Å². The lowest BCUT2D eigenvalue weighted by molar-refractivity contribution is -0.105. The number of rotatable bonds is 6. The molecule has 2 N–H and O–H groups in total. The lowest BCUT2D eigenvalue weighted by Crippen LogP contribution is -2.61. The molecule has 1 aromatic carbocycles. The Morgan fingerprint density at radius 2 is 1.95 bits per heavy atom. The fourth-order valence-corrected chi connectivity index (χ4v) is 2.61. The van der Waals surface area contributed by atoms with E-state index in [1.54, 1.807) is 6.92 Å². The average Bonchev–Trinajstić information content (AvgIpc) is 2.34. The largest absolute Gasteiger partial charge is 0.389 e. The maximum Gasteiger partial charge on any atom is 0.0900 e. The van der Waals surface area contributed by atoms with Crippen LogP contribution in [0.3, 0.4) is 0 Å². The molecule has 0 spiro atoms. The first-order valence-corrected chi connectivity index (χ1v) is 7.23. The molecule has 0 aromatic heterocycles. The topological polar surface area (TPSA) is 52.9 Å². The van der Waals surface area contributed by atoms with Crippen molar-refractivity contribution in [2.24, 2.45) is 0 Å². The molecule has 112 valence electrons. The van der Waals surface area contributed by atoms with Gasteiger partial charge in [-0.15, -0.1) is 0 Å². The van der Waals surface area contributed by atoms with Gasteiger partial charge in [0.1, 0.15) is 0 Å². The molecule has 2 atom stereocenters. The maximum absolute atomic E-state index is 9.93. The third-order valence-corrected chi connectivity index (χ3v) is 3.73. The summed E-state index contributed by atoms with van der Waals surface area (Å²) in [5.74, 6) is 0. The van der Waals surface area contributed by atoms with Gasteiger partial charge in [0, 0.05) is 24.7 Å². The molecule has 1 aromatic rings. The Labute approximate surface area is 124 Å². The minimum Gasteiger partial charge on any atom is -0.389 e. The predicted octanol–water partition coefficient (Wildman–Crippen LogP) is 1.85. The van der Waals surface area contributed by atoms with E-state index >= 15 is 0 Å². The number of aliphatic hydroxyl groups excluding tert-OH is 1. The third-order valence-electron chi connectivity index (χ3n) is 3.48. The number of hydrogen-bond donors (Lipinski definition) is 2. The number of hydrogen-bond acceptors (Lipinski definition) is 4. The molecule has 0 amide bonds. The van der Waals surface area contributed by atoms with Gasteiger partial charge in [0.15, 0.2) is 0 Å². The Balaban J connectivity index is 1.70. The minimum absolute atomic E-state index is 0.0820. The number of β-amino-alcohol motifs (C(OH)–C–C–N with tert-alkyl or cyclic N) is 2. The molecule has 2 rings (SSSR count). The highest BCUT2D eigenvalue weighted by Crippen LogP contribution is 2.21. The number of nitrogens with zero attached hydrogens (tertiary/aromatic N) is 1. The molecule has 1 aliphatic rings. The molecule has 1 aliphatic heterocycles. The van der Waals surface area contributed by atoms with Crippen molar-refractivity contribution in [3.63, 3.8) is 0 Å². The molecule has 0 bridgehead atoms. The zero-order valence-electron chi connectivity index (χ0n) is 11.9. The maximum atomic E-state index is 9.93. The van der Waals surface area contributed by atoms with Crippen LogP contribution in [0.2, 0.25) is 5.02 Å². The lowest BCUT2D eigenvalue weighted by atomic mass is 9.97. The summed E-state index contributed by atoms with van der Waals surface area (Å²) < 4.78 is 5.67. The van der Waals surface area contributed by atoms with Crippen LogP contribution in [0.5, 0.6) is 0 Å². The third kappa shape index (κ3) is 4.43. The Hall–Kier alpha value is -0.650. The van der Waals surface area contributed by atoms with E-state index in [-0.39, 0.29) is 12.7 Å². The first-order chi connectivity index (χ1) is 9.35. The molecule has 0 saturated carbocycles. The van der Waals surface area contributed by atoms with Gasteiger partial charge < -0.3 is 14.9 Å². The van der Waals surface area contributed by atoms with Gasteiger partial charge in [-0.25, -0.2) is 0 Å². The zero-order valence-corrected chi connectivity index (χ0v) is 12.7. The molecule has 1 fully saturated rings. The van der Waals surface area contributed by atoms with Crippen LogP contribution in [-0.4, -0.2) is 53.1 Å². The summed E-state index contributed by atoms with van der Waals surface area (Å²) in [6.45, 7) is 5.78. The molecule has 1 saturated heterocycles. The van der Waals surface area contributed by atoms with Crippen molar-refractivity contribution in [1.29, 1.82) is 0 Å². The van der Waals surface area contributed by atoms with Gasteiger partial charge in [0.2, 0.25) is 0 Å². The molecular formula is C15H22ClNO3. The fourth-order valence-electron chi connectivity index (χ4n) is 2.48. The van der Waals surface area contributed by atoms with E-state index in [1.165, 1.54) is 0 Å². The molecule has 4 nitrogen and oxygen atoms in total. The van der Waals surface area contributed by atoms with Crippen LogP contribution >= 0.6 is 11.6 Å². The van der Waals surface area contributed by atoms with Crippen molar-refractivity contribution < 1.29 is 14.9 Å². The lowest BCUT2D eigenvalue weighted by Gasteiger charge is -2.45. The van der Waals surface area contributed by atoms with E-state index in [9.17, 15) is 10.2 Å². The Bertz CT molecular complexity index is 427. The summed E-state index contributed by atoms with van der Waals surface area (Å²) in [5, 5.41) is 20.2. The van der Waals surface area contributed by atoms with Crippen molar-refractivity contribution >= 4 is 11.6 Å². The van der Waals surface area contributed by atoms with E-state index in [4.69, 9.17) is 16.3 Å². The molecule has 0 radical (unpaired) electrons. The van der Waals surface area contributed by atoms with Crippen molar-refractivity contribution in [3.8, 4) is 0 Å². The van der Waals surface area contributed by atoms with Crippen molar-refractivity contribution in [1.82, 2.24) is 4.90 Å². The second-order valence-electron chi connectivity index (χ2n) is 5.85. The van der Waals surface area contributed by atoms with E-state index in [2.05, 4.69) is 0 Å². The number of ether oxygens (including phenoxy) is 1. The number of halogens is 1. The second-order valence-corrected chi connectivity index (χ2v) is 6.28. The molecule has 5 heteroatoms. The van der Waals surface area contributed by atoms with Crippen molar-refractivity contribution in [3.05, 3.63) is 34.9 Å². The van der Waals surface area contributed by atoms with E-state index in [0.717, 1.165) is 5.56 Å². The summed E-state index contributed by atoms with van der Waals surface area (Å²) >= 11 is 5.84. The standard InChI is InChI=1S/C15H22ClNO3/c1-11(12-3-5-13(16)6-4-12)20-8-14(18)7-17-9-15(2,19)10-17/h3-6,11,14,18-19H,7-10H2,1-2H3. The average molecular weight is 300 g/mol. The fraction of sp³-hybridized carbons (Fsp3) is 0.600. The molecular weight excluding hydrogens is 278 g/mol. The summed E-state index contributed by atoms with van der Waals surface area (Å²) in [6, 6.07) is 7.50. The highest BCUT2D eigenvalue weighted by molar-refractivity contribution is 6.30. The SMILES string of the molecule is CC(OCC(O)CN1CC(C)(O)C1)c1ccc(Cl)cc1. The van der Waals surface area contributed by atoms with E-state index in [0.29, 0.717) is 24.7 Å². The molecule has 0 aliphatic carbocycles. The second kappa shape index (κ2) is 6.41. The smallest absolute Gasteiger partial charge is 0.0900 e. The normalized spacial score (nSPS) is 21.2. The van der Waals surface area contributed by atoms with Gasteiger partial charge in [-0.2, -0.15) is 0 Å². The van der Waals surface area contributed by atoms with E-state index < -0.39 is 11.7 Å². The predicted molar refractivity (Wildman–Crippen MR) is 78.9 cm³/mol. The van der Waals surface area contributed by atoms with Crippen LogP contribution in [0.1, 0.15) is 25.5 Å². The van der Waals surface area contributed by atoms with Crippen LogP contribution in [-0.2, 0) is 4.74 Å². The summed E-state index contributed by atoms with van der Waals surface area (Å²) in [6.07, 6.45) is -0.623. The first kappa shape index (κ1) is 15.7. The highest BCUT2D eigenvalue weighted by atomic mass is 35.5. The van der Waals surface area contributed by atoms with Gasteiger partial charge in [-0.05, 0) is 31.5 Å². The highest BCUT2D eigenvalue weighted by Gasteiger charge is 2.36. The van der Waals surface area contributed by atoms with Gasteiger partial charge >= 0.3 is 0 Å². The quantitative estimate of drug-likeness (QED) is 0.842. The molecule has 1 heterocycles. The van der Waals surface area contributed by atoms with Crippen LogP contribution in [0.15, 0.2) is 24.3 Å². The van der Waals surface area contributed by atoms with Gasteiger partial charge in [0.25, 0.3) is 0 Å². The van der Waals surface area contributed by atoms with Crippen molar-refractivity contribution in [2.45, 2.75) is 31.7 Å². The van der Waals surface area contributed by atoms with Crippen LogP contribution in [0.4, 0.5) is 0 Å². The zero-order chi connectivity index (χ0) is 14.8. The van der Waals surface area contributed by atoms with Crippen LogP contribution in [0.25, 0.3) is 0 Å². The first-order valence-electron chi connectivity index (χ1n) is 6.85. The molecule has 20 heavy (non-hydrogen) atoms. The minimum atomic E-state index is -0.600. The Morgan fingerprint density at radius 1 is 1.35 bits per heavy atom. The monoisotopic (exact) mass is 299 g/mol.